The number of benzene rings is 1. The van der Waals surface area contributed by atoms with Gasteiger partial charge in [-0.3, -0.25) is 4.79 Å². The van der Waals surface area contributed by atoms with Crippen LogP contribution >= 0.6 is 0 Å². The first-order valence-electron chi connectivity index (χ1n) is 7.76. The van der Waals surface area contributed by atoms with Crippen LogP contribution in [0.15, 0.2) is 48.7 Å². The van der Waals surface area contributed by atoms with E-state index in [-0.39, 0.29) is 11.9 Å². The smallest absolute Gasteiger partial charge is 0.251 e. The number of aromatic nitrogens is 1. The summed E-state index contributed by atoms with van der Waals surface area (Å²) in [6, 6.07) is 13.9. The molecule has 1 aromatic carbocycles. The fourth-order valence-electron chi connectivity index (χ4n) is 2.85. The second kappa shape index (κ2) is 6.60. The topological polar surface area (TPSA) is 45.2 Å². The molecule has 1 aliphatic heterocycles. The van der Waals surface area contributed by atoms with E-state index in [2.05, 4.69) is 15.2 Å². The number of amides is 1. The highest BCUT2D eigenvalue weighted by molar-refractivity contribution is 5.94. The van der Waals surface area contributed by atoms with Crippen molar-refractivity contribution < 1.29 is 4.79 Å². The molecule has 0 radical (unpaired) electrons. The molecule has 0 saturated carbocycles. The molecule has 3 rings (SSSR count). The number of hydrogen-bond acceptors (Lipinski definition) is 3. The number of pyridine rings is 1. The van der Waals surface area contributed by atoms with Gasteiger partial charge in [-0.1, -0.05) is 23.8 Å². The predicted octanol–water partition coefficient (Wildman–Crippen LogP) is 2.79. The molecule has 0 spiro atoms. The zero-order valence-corrected chi connectivity index (χ0v) is 12.8. The molecule has 1 N–H and O–H groups in total. The van der Waals surface area contributed by atoms with E-state index in [0.717, 1.165) is 42.9 Å². The highest BCUT2D eigenvalue weighted by Crippen LogP contribution is 2.17. The van der Waals surface area contributed by atoms with E-state index in [9.17, 15) is 4.79 Å². The van der Waals surface area contributed by atoms with E-state index in [1.165, 1.54) is 0 Å². The molecule has 0 aliphatic carbocycles. The van der Waals surface area contributed by atoms with Gasteiger partial charge in [0.2, 0.25) is 0 Å². The quantitative estimate of drug-likeness (QED) is 0.947. The van der Waals surface area contributed by atoms with Gasteiger partial charge in [0.1, 0.15) is 5.82 Å². The zero-order valence-electron chi connectivity index (χ0n) is 12.8. The number of piperidine rings is 1. The van der Waals surface area contributed by atoms with Gasteiger partial charge in [0, 0.05) is 30.9 Å². The van der Waals surface area contributed by atoms with Gasteiger partial charge in [-0.25, -0.2) is 4.98 Å². The molecule has 1 amide bonds. The molecular weight excluding hydrogens is 274 g/mol. The molecule has 4 nitrogen and oxygen atoms in total. The van der Waals surface area contributed by atoms with Gasteiger partial charge in [0.05, 0.1) is 0 Å². The average molecular weight is 295 g/mol. The van der Waals surface area contributed by atoms with Crippen molar-refractivity contribution in [3.8, 4) is 0 Å². The molecular formula is C18H21N3O. The van der Waals surface area contributed by atoms with Crippen LogP contribution in [0.5, 0.6) is 0 Å². The minimum atomic E-state index is 0.0278. The monoisotopic (exact) mass is 295 g/mol. The van der Waals surface area contributed by atoms with Crippen molar-refractivity contribution in [1.82, 2.24) is 10.3 Å². The van der Waals surface area contributed by atoms with E-state index in [4.69, 9.17) is 0 Å². The van der Waals surface area contributed by atoms with Gasteiger partial charge >= 0.3 is 0 Å². The first-order valence-corrected chi connectivity index (χ1v) is 7.76. The van der Waals surface area contributed by atoms with Crippen LogP contribution in [0, 0.1) is 6.92 Å². The summed E-state index contributed by atoms with van der Waals surface area (Å²) in [5.74, 6) is 1.05. The summed E-state index contributed by atoms with van der Waals surface area (Å²) in [6.07, 6.45) is 3.73. The lowest BCUT2D eigenvalue weighted by Gasteiger charge is -2.33. The third kappa shape index (κ3) is 3.45. The van der Waals surface area contributed by atoms with Crippen LogP contribution in [0.4, 0.5) is 5.82 Å². The molecule has 1 saturated heterocycles. The van der Waals surface area contributed by atoms with Crippen LogP contribution in [-0.4, -0.2) is 30.0 Å². The third-order valence-corrected chi connectivity index (χ3v) is 4.08. The van der Waals surface area contributed by atoms with Crippen molar-refractivity contribution in [2.24, 2.45) is 0 Å². The Morgan fingerprint density at radius 3 is 2.68 bits per heavy atom. The molecule has 0 atom stereocenters. The van der Waals surface area contributed by atoms with Gasteiger partial charge < -0.3 is 10.2 Å². The zero-order chi connectivity index (χ0) is 15.4. The van der Waals surface area contributed by atoms with Crippen molar-refractivity contribution in [2.45, 2.75) is 25.8 Å². The minimum Gasteiger partial charge on any atom is -0.356 e. The summed E-state index contributed by atoms with van der Waals surface area (Å²) in [6.45, 7) is 3.85. The molecule has 0 unspecified atom stereocenters. The summed E-state index contributed by atoms with van der Waals surface area (Å²) in [4.78, 5) is 18.9. The second-order valence-electron chi connectivity index (χ2n) is 5.79. The lowest BCUT2D eigenvalue weighted by atomic mass is 10.0. The first-order chi connectivity index (χ1) is 10.7. The molecule has 2 heterocycles. The van der Waals surface area contributed by atoms with Gasteiger partial charge in [-0.05, 0) is 44.0 Å². The number of rotatable bonds is 3. The van der Waals surface area contributed by atoms with Crippen molar-refractivity contribution in [3.05, 3.63) is 59.8 Å². The van der Waals surface area contributed by atoms with Crippen LogP contribution in [-0.2, 0) is 0 Å². The standard InChI is InChI=1S/C18H21N3O/c1-14-5-4-6-15(13-14)18(22)20-16-8-11-21(12-9-16)17-7-2-3-10-19-17/h2-7,10,13,16H,8-9,11-12H2,1H3,(H,20,22). The van der Waals surface area contributed by atoms with Crippen LogP contribution in [0.1, 0.15) is 28.8 Å². The summed E-state index contributed by atoms with van der Waals surface area (Å²) < 4.78 is 0. The highest BCUT2D eigenvalue weighted by Gasteiger charge is 2.21. The van der Waals surface area contributed by atoms with Gasteiger partial charge in [0.25, 0.3) is 5.91 Å². The fraction of sp³-hybridized carbons (Fsp3) is 0.333. The largest absolute Gasteiger partial charge is 0.356 e. The Kier molecular flexibility index (Phi) is 4.37. The summed E-state index contributed by atoms with van der Waals surface area (Å²) in [5, 5.41) is 3.15. The summed E-state index contributed by atoms with van der Waals surface area (Å²) in [7, 11) is 0. The number of nitrogens with one attached hydrogen (secondary N) is 1. The SMILES string of the molecule is Cc1cccc(C(=O)NC2CCN(c3ccccn3)CC2)c1. The molecule has 2 aromatic rings. The number of aryl methyl sites for hydroxylation is 1. The Balaban J connectivity index is 1.55. The second-order valence-corrected chi connectivity index (χ2v) is 5.79. The van der Waals surface area contributed by atoms with Gasteiger partial charge in [0.15, 0.2) is 0 Å². The molecule has 114 valence electrons. The average Bonchev–Trinajstić information content (AvgIpc) is 2.56. The molecule has 22 heavy (non-hydrogen) atoms. The van der Waals surface area contributed by atoms with Crippen LogP contribution in [0.3, 0.4) is 0 Å². The number of nitrogens with zero attached hydrogens (tertiary/aromatic N) is 2. The Labute approximate surface area is 131 Å². The maximum Gasteiger partial charge on any atom is 0.251 e. The van der Waals surface area contributed by atoms with Crippen molar-refractivity contribution in [3.63, 3.8) is 0 Å². The minimum absolute atomic E-state index is 0.0278. The Bertz CT molecular complexity index is 634. The lowest BCUT2D eigenvalue weighted by Crippen LogP contribution is -2.44. The Hall–Kier alpha value is -2.36. The number of anilines is 1. The summed E-state index contributed by atoms with van der Waals surface area (Å²) in [5.41, 5.74) is 1.85. The lowest BCUT2D eigenvalue weighted by molar-refractivity contribution is 0.0931. The first kappa shape index (κ1) is 14.6. The molecule has 1 aliphatic rings. The maximum atomic E-state index is 12.3. The van der Waals surface area contributed by atoms with E-state index >= 15 is 0 Å². The van der Waals surface area contributed by atoms with Crippen molar-refractivity contribution >= 4 is 11.7 Å². The normalized spacial score (nSPS) is 15.6. The van der Waals surface area contributed by atoms with E-state index in [0.29, 0.717) is 0 Å². The van der Waals surface area contributed by atoms with Gasteiger partial charge in [-0.2, -0.15) is 0 Å². The van der Waals surface area contributed by atoms with Crippen LogP contribution in [0.25, 0.3) is 0 Å². The van der Waals surface area contributed by atoms with E-state index in [1.807, 2.05) is 55.6 Å². The van der Waals surface area contributed by atoms with Crippen LogP contribution < -0.4 is 10.2 Å². The Morgan fingerprint density at radius 1 is 1.18 bits per heavy atom. The van der Waals surface area contributed by atoms with Gasteiger partial charge in [-0.15, -0.1) is 0 Å². The molecule has 1 aromatic heterocycles. The number of carbonyl (C=O) groups is 1. The summed E-state index contributed by atoms with van der Waals surface area (Å²) >= 11 is 0. The van der Waals surface area contributed by atoms with Crippen molar-refractivity contribution in [2.75, 3.05) is 18.0 Å². The molecule has 4 heteroatoms. The predicted molar refractivity (Wildman–Crippen MR) is 88.1 cm³/mol. The third-order valence-electron chi connectivity index (χ3n) is 4.08. The fourth-order valence-corrected chi connectivity index (χ4v) is 2.85. The molecule has 0 bridgehead atoms. The number of hydrogen-bond donors (Lipinski definition) is 1. The van der Waals surface area contributed by atoms with Crippen LogP contribution in [0.2, 0.25) is 0 Å². The van der Waals surface area contributed by atoms with E-state index < -0.39 is 0 Å². The molecule has 1 fully saturated rings. The number of carbonyl (C=O) groups excluding carboxylic acids is 1. The van der Waals surface area contributed by atoms with Crippen molar-refractivity contribution in [1.29, 1.82) is 0 Å². The van der Waals surface area contributed by atoms with E-state index in [1.54, 1.807) is 0 Å². The highest BCUT2D eigenvalue weighted by atomic mass is 16.1. The maximum absolute atomic E-state index is 12.3. The Morgan fingerprint density at radius 2 is 2.00 bits per heavy atom.